The molecule has 0 radical (unpaired) electrons. The maximum Gasteiger partial charge on any atom is 0.251 e. The van der Waals surface area contributed by atoms with Crippen LogP contribution in [-0.4, -0.2) is 24.0 Å². The largest absolute Gasteiger partial charge is 0.352 e. The van der Waals surface area contributed by atoms with Crippen molar-refractivity contribution in [3.63, 3.8) is 0 Å². The van der Waals surface area contributed by atoms with E-state index < -0.39 is 0 Å². The van der Waals surface area contributed by atoms with Gasteiger partial charge in [0.05, 0.1) is 5.69 Å². The molecule has 1 heterocycles. The quantitative estimate of drug-likeness (QED) is 0.501. The lowest BCUT2D eigenvalue weighted by atomic mass is 10.1. The van der Waals surface area contributed by atoms with E-state index in [0.717, 1.165) is 35.9 Å². The van der Waals surface area contributed by atoms with Crippen molar-refractivity contribution in [3.05, 3.63) is 71.1 Å². The normalized spacial score (nSPS) is 10.9. The van der Waals surface area contributed by atoms with E-state index in [1.165, 1.54) is 5.56 Å². The summed E-state index contributed by atoms with van der Waals surface area (Å²) in [5.41, 5.74) is 4.04. The molecule has 0 spiro atoms. The third-order valence-electron chi connectivity index (χ3n) is 4.59. The van der Waals surface area contributed by atoms with Gasteiger partial charge in [-0.05, 0) is 30.0 Å². The molecule has 4 nitrogen and oxygen atoms in total. The average Bonchev–Trinajstić information content (AvgIpc) is 3.23. The highest BCUT2D eigenvalue weighted by atomic mass is 32.1. The molecular formula is C24H29N3OS. The van der Waals surface area contributed by atoms with E-state index in [-0.39, 0.29) is 5.91 Å². The number of aromatic nitrogens is 1. The summed E-state index contributed by atoms with van der Waals surface area (Å²) in [4.78, 5) is 19.4. The second-order valence-corrected chi connectivity index (χ2v) is 8.44. The Morgan fingerprint density at radius 3 is 2.48 bits per heavy atom. The predicted octanol–water partition coefficient (Wildman–Crippen LogP) is 5.61. The number of amides is 1. The zero-order valence-corrected chi connectivity index (χ0v) is 18.2. The third-order valence-corrected chi connectivity index (χ3v) is 5.49. The number of hydrogen-bond donors (Lipinski definition) is 1. The van der Waals surface area contributed by atoms with Gasteiger partial charge in [0.1, 0.15) is 0 Å². The van der Waals surface area contributed by atoms with Crippen LogP contribution in [0.25, 0.3) is 11.3 Å². The van der Waals surface area contributed by atoms with Gasteiger partial charge in [-0.15, -0.1) is 11.3 Å². The summed E-state index contributed by atoms with van der Waals surface area (Å²) in [6.45, 7) is 8.78. The Morgan fingerprint density at radius 2 is 1.83 bits per heavy atom. The summed E-state index contributed by atoms with van der Waals surface area (Å²) in [7, 11) is 0. The summed E-state index contributed by atoms with van der Waals surface area (Å²) in [6, 6.07) is 18.2. The van der Waals surface area contributed by atoms with E-state index in [0.29, 0.717) is 18.0 Å². The van der Waals surface area contributed by atoms with Crippen LogP contribution in [0.3, 0.4) is 0 Å². The fraction of sp³-hybridized carbons (Fsp3) is 0.333. The average molecular weight is 408 g/mol. The molecule has 1 N–H and O–H groups in total. The van der Waals surface area contributed by atoms with Gasteiger partial charge in [0.2, 0.25) is 0 Å². The maximum atomic E-state index is 12.2. The molecule has 0 bridgehead atoms. The highest BCUT2D eigenvalue weighted by molar-refractivity contribution is 7.14. The molecule has 0 atom stereocenters. The SMILES string of the molecule is CCCN(Cc1ccc(C(=O)NCC(C)C)cc1)c1nc(-c2ccccc2)cs1. The lowest BCUT2D eigenvalue weighted by molar-refractivity contribution is 0.0949. The van der Waals surface area contributed by atoms with Gasteiger partial charge >= 0.3 is 0 Å². The minimum atomic E-state index is -0.0110. The molecule has 2 aromatic carbocycles. The van der Waals surface area contributed by atoms with Crippen LogP contribution in [-0.2, 0) is 6.54 Å². The highest BCUT2D eigenvalue weighted by Gasteiger charge is 2.13. The molecule has 0 aliphatic carbocycles. The van der Waals surface area contributed by atoms with Crippen LogP contribution in [0.5, 0.6) is 0 Å². The number of thiazole rings is 1. The number of hydrogen-bond acceptors (Lipinski definition) is 4. The molecule has 3 aromatic rings. The summed E-state index contributed by atoms with van der Waals surface area (Å²) < 4.78 is 0. The van der Waals surface area contributed by atoms with Crippen molar-refractivity contribution in [3.8, 4) is 11.3 Å². The van der Waals surface area contributed by atoms with Gasteiger partial charge in [-0.3, -0.25) is 4.79 Å². The monoisotopic (exact) mass is 407 g/mol. The molecule has 5 heteroatoms. The Bertz CT molecular complexity index is 903. The van der Waals surface area contributed by atoms with Crippen molar-refractivity contribution in [2.75, 3.05) is 18.0 Å². The number of benzene rings is 2. The fourth-order valence-electron chi connectivity index (χ4n) is 3.04. The van der Waals surface area contributed by atoms with Crippen LogP contribution in [0.15, 0.2) is 60.0 Å². The molecule has 0 saturated heterocycles. The second kappa shape index (κ2) is 10.2. The highest BCUT2D eigenvalue weighted by Crippen LogP contribution is 2.28. The van der Waals surface area contributed by atoms with Crippen LogP contribution < -0.4 is 10.2 Å². The first-order chi connectivity index (χ1) is 14.1. The summed E-state index contributed by atoms with van der Waals surface area (Å²) in [5.74, 6) is 0.433. The van der Waals surface area contributed by atoms with Crippen molar-refractivity contribution in [1.82, 2.24) is 10.3 Å². The first kappa shape index (κ1) is 21.1. The van der Waals surface area contributed by atoms with Crippen molar-refractivity contribution >= 4 is 22.4 Å². The van der Waals surface area contributed by atoms with Crippen LogP contribution in [0.4, 0.5) is 5.13 Å². The van der Waals surface area contributed by atoms with Gasteiger partial charge in [-0.2, -0.15) is 0 Å². The first-order valence-electron chi connectivity index (χ1n) is 10.2. The molecule has 1 amide bonds. The van der Waals surface area contributed by atoms with Crippen molar-refractivity contribution in [2.45, 2.75) is 33.7 Å². The molecule has 3 rings (SSSR count). The number of nitrogens with zero attached hydrogens (tertiary/aromatic N) is 2. The Hall–Kier alpha value is -2.66. The van der Waals surface area contributed by atoms with E-state index in [1.807, 2.05) is 42.5 Å². The summed E-state index contributed by atoms with van der Waals surface area (Å²) in [6.07, 6.45) is 1.05. The minimum absolute atomic E-state index is 0.0110. The lowest BCUT2D eigenvalue weighted by Crippen LogP contribution is -2.27. The van der Waals surface area contributed by atoms with Crippen LogP contribution >= 0.6 is 11.3 Å². The molecule has 0 aliphatic heterocycles. The van der Waals surface area contributed by atoms with E-state index in [4.69, 9.17) is 4.98 Å². The smallest absolute Gasteiger partial charge is 0.251 e. The number of carbonyl (C=O) groups is 1. The van der Waals surface area contributed by atoms with Crippen molar-refractivity contribution in [1.29, 1.82) is 0 Å². The molecule has 0 saturated carbocycles. The van der Waals surface area contributed by atoms with E-state index in [2.05, 4.69) is 48.5 Å². The first-order valence-corrected chi connectivity index (χ1v) is 11.1. The van der Waals surface area contributed by atoms with Gasteiger partial charge in [-0.25, -0.2) is 4.98 Å². The maximum absolute atomic E-state index is 12.2. The number of anilines is 1. The molecule has 152 valence electrons. The Kier molecular flexibility index (Phi) is 7.42. The molecule has 29 heavy (non-hydrogen) atoms. The predicted molar refractivity (Wildman–Crippen MR) is 123 cm³/mol. The zero-order valence-electron chi connectivity index (χ0n) is 17.4. The Morgan fingerprint density at radius 1 is 1.10 bits per heavy atom. The topological polar surface area (TPSA) is 45.2 Å². The standard InChI is InChI=1S/C24H29N3OS/c1-4-14-27(24-26-22(17-29-24)20-8-6-5-7-9-20)16-19-10-12-21(13-11-19)23(28)25-15-18(2)3/h5-13,17-18H,4,14-16H2,1-3H3,(H,25,28). The van der Waals surface area contributed by atoms with Gasteiger partial charge in [0.25, 0.3) is 5.91 Å². The second-order valence-electron chi connectivity index (χ2n) is 7.60. The van der Waals surface area contributed by atoms with Crippen molar-refractivity contribution in [2.24, 2.45) is 5.92 Å². The summed E-state index contributed by atoms with van der Waals surface area (Å²) >= 11 is 1.68. The van der Waals surface area contributed by atoms with Crippen LogP contribution in [0, 0.1) is 5.92 Å². The molecule has 0 aliphatic rings. The Labute approximate surface area is 177 Å². The van der Waals surface area contributed by atoms with Gasteiger partial charge in [-0.1, -0.05) is 63.2 Å². The van der Waals surface area contributed by atoms with Crippen LogP contribution in [0.2, 0.25) is 0 Å². The van der Waals surface area contributed by atoms with Crippen molar-refractivity contribution < 1.29 is 4.79 Å². The number of carbonyl (C=O) groups excluding carboxylic acids is 1. The van der Waals surface area contributed by atoms with E-state index in [9.17, 15) is 4.79 Å². The Balaban J connectivity index is 1.69. The lowest BCUT2D eigenvalue weighted by Gasteiger charge is -2.21. The summed E-state index contributed by atoms with van der Waals surface area (Å²) in [5, 5.41) is 6.12. The molecule has 0 fully saturated rings. The van der Waals surface area contributed by atoms with Gasteiger partial charge in [0, 0.05) is 36.1 Å². The number of nitrogens with one attached hydrogen (secondary N) is 1. The third kappa shape index (κ3) is 5.91. The molecule has 0 unspecified atom stereocenters. The number of rotatable bonds is 9. The van der Waals surface area contributed by atoms with Crippen LogP contribution in [0.1, 0.15) is 43.1 Å². The zero-order chi connectivity index (χ0) is 20.6. The van der Waals surface area contributed by atoms with Gasteiger partial charge < -0.3 is 10.2 Å². The minimum Gasteiger partial charge on any atom is -0.352 e. The van der Waals surface area contributed by atoms with E-state index >= 15 is 0 Å². The van der Waals surface area contributed by atoms with E-state index in [1.54, 1.807) is 11.3 Å². The fourth-order valence-corrected chi connectivity index (χ4v) is 3.91. The molecule has 1 aromatic heterocycles. The molecular weight excluding hydrogens is 378 g/mol. The van der Waals surface area contributed by atoms with Gasteiger partial charge in [0.15, 0.2) is 5.13 Å².